The summed E-state index contributed by atoms with van der Waals surface area (Å²) in [5.74, 6) is -1.82. The smallest absolute Gasteiger partial charge is 0.312 e. The number of nitrogens with zero attached hydrogens (tertiary/aromatic N) is 2. The molecule has 118 valence electrons. The maximum absolute atomic E-state index is 12.5. The van der Waals surface area contributed by atoms with Gasteiger partial charge in [-0.05, 0) is 17.7 Å². The molecule has 0 saturated heterocycles. The Bertz CT molecular complexity index is 812. The number of hydrogen-bond acceptors (Lipinski definition) is 3. The molecule has 23 heavy (non-hydrogen) atoms. The number of carboxylic acids is 1. The first-order valence-electron chi connectivity index (χ1n) is 7.35. The maximum atomic E-state index is 12.5. The third-order valence-corrected chi connectivity index (χ3v) is 4.03. The summed E-state index contributed by atoms with van der Waals surface area (Å²) in [5.41, 5.74) is 1.14. The van der Waals surface area contributed by atoms with Crippen LogP contribution in [0.2, 0.25) is 0 Å². The lowest BCUT2D eigenvalue weighted by Crippen LogP contribution is -2.32. The van der Waals surface area contributed by atoms with E-state index < -0.39 is 11.9 Å². The molecule has 1 N–H and O–H groups in total. The van der Waals surface area contributed by atoms with Gasteiger partial charge >= 0.3 is 5.97 Å². The molecule has 0 unspecified atom stereocenters. The largest absolute Gasteiger partial charge is 0.481 e. The maximum Gasteiger partial charge on any atom is 0.312 e. The highest BCUT2D eigenvalue weighted by atomic mass is 16.4. The second-order valence-electron chi connectivity index (χ2n) is 5.44. The van der Waals surface area contributed by atoms with Gasteiger partial charge in [0, 0.05) is 37.5 Å². The van der Waals surface area contributed by atoms with Gasteiger partial charge in [0.15, 0.2) is 0 Å². The van der Waals surface area contributed by atoms with Crippen molar-refractivity contribution in [1.29, 1.82) is 0 Å². The fraction of sp³-hybridized carbons (Fsp3) is 0.235. The number of aromatic nitrogens is 1. The number of carboxylic acid groups (broad SMARTS) is 1. The number of anilines is 1. The Morgan fingerprint density at radius 3 is 2.61 bits per heavy atom. The summed E-state index contributed by atoms with van der Waals surface area (Å²) in [6.07, 6.45) is 1.78. The van der Waals surface area contributed by atoms with Gasteiger partial charge in [-0.3, -0.25) is 14.4 Å². The van der Waals surface area contributed by atoms with Crippen molar-refractivity contribution in [2.24, 2.45) is 0 Å². The Morgan fingerprint density at radius 1 is 1.13 bits per heavy atom. The minimum atomic E-state index is -0.938. The van der Waals surface area contributed by atoms with E-state index in [-0.39, 0.29) is 31.0 Å². The molecule has 3 rings (SSSR count). The SMILES string of the molecule is O=C(O)[C@@H]1CN(C(=O)CCn2ccccc2=O)c2ccccc21. The molecule has 0 aliphatic carbocycles. The number of amides is 1. The minimum absolute atomic E-state index is 0.136. The molecular formula is C17H16N2O4. The second-order valence-corrected chi connectivity index (χ2v) is 5.44. The summed E-state index contributed by atoms with van der Waals surface area (Å²) in [6.45, 7) is 0.409. The van der Waals surface area contributed by atoms with Crippen LogP contribution in [0, 0.1) is 0 Å². The molecule has 0 spiro atoms. The number of carbonyl (C=O) groups is 2. The van der Waals surface area contributed by atoms with Crippen LogP contribution < -0.4 is 10.5 Å². The van der Waals surface area contributed by atoms with Crippen LogP contribution in [0.5, 0.6) is 0 Å². The van der Waals surface area contributed by atoms with Gasteiger partial charge in [-0.2, -0.15) is 0 Å². The van der Waals surface area contributed by atoms with Crippen LogP contribution in [0.15, 0.2) is 53.5 Å². The molecule has 0 saturated carbocycles. The van der Waals surface area contributed by atoms with Crippen molar-refractivity contribution in [2.75, 3.05) is 11.4 Å². The Balaban J connectivity index is 1.77. The van der Waals surface area contributed by atoms with E-state index in [2.05, 4.69) is 0 Å². The lowest BCUT2D eigenvalue weighted by atomic mass is 10.0. The predicted octanol–water partition coefficient (Wildman–Crippen LogP) is 1.45. The fourth-order valence-corrected chi connectivity index (χ4v) is 2.85. The quantitative estimate of drug-likeness (QED) is 0.927. The van der Waals surface area contributed by atoms with Crippen LogP contribution in [0.4, 0.5) is 5.69 Å². The predicted molar refractivity (Wildman–Crippen MR) is 84.5 cm³/mol. The van der Waals surface area contributed by atoms with Crippen molar-refractivity contribution >= 4 is 17.6 Å². The van der Waals surface area contributed by atoms with Gasteiger partial charge in [0.05, 0.1) is 0 Å². The van der Waals surface area contributed by atoms with E-state index in [9.17, 15) is 19.5 Å². The Labute approximate surface area is 132 Å². The van der Waals surface area contributed by atoms with Crippen molar-refractivity contribution in [3.63, 3.8) is 0 Å². The molecule has 1 atom stereocenters. The molecule has 1 aromatic carbocycles. The first-order chi connectivity index (χ1) is 11.1. The number of rotatable bonds is 4. The van der Waals surface area contributed by atoms with Crippen molar-refractivity contribution in [3.8, 4) is 0 Å². The number of aryl methyl sites for hydroxylation is 1. The summed E-state index contributed by atoms with van der Waals surface area (Å²) in [4.78, 5) is 37.0. The van der Waals surface area contributed by atoms with Crippen LogP contribution in [0.25, 0.3) is 0 Å². The molecule has 2 heterocycles. The zero-order valence-electron chi connectivity index (χ0n) is 12.4. The molecular weight excluding hydrogens is 296 g/mol. The molecule has 1 aliphatic rings. The average molecular weight is 312 g/mol. The second kappa shape index (κ2) is 6.08. The molecule has 1 amide bonds. The number of benzene rings is 1. The standard InChI is InChI=1S/C17H16N2O4/c20-15-7-3-4-9-18(15)10-8-16(21)19-11-13(17(22)23)12-5-1-2-6-14(12)19/h1-7,9,13H,8,10-11H2,(H,22,23)/t13-/m1/s1. The molecule has 2 aromatic rings. The highest BCUT2D eigenvalue weighted by Gasteiger charge is 2.35. The molecule has 0 fully saturated rings. The number of pyridine rings is 1. The Morgan fingerprint density at radius 2 is 1.87 bits per heavy atom. The molecule has 1 aliphatic heterocycles. The zero-order valence-corrected chi connectivity index (χ0v) is 12.4. The van der Waals surface area contributed by atoms with E-state index >= 15 is 0 Å². The first-order valence-corrected chi connectivity index (χ1v) is 7.35. The topological polar surface area (TPSA) is 79.6 Å². The van der Waals surface area contributed by atoms with Crippen molar-refractivity contribution < 1.29 is 14.7 Å². The molecule has 6 nitrogen and oxygen atoms in total. The van der Waals surface area contributed by atoms with E-state index in [1.54, 1.807) is 42.6 Å². The number of hydrogen-bond donors (Lipinski definition) is 1. The van der Waals surface area contributed by atoms with Gasteiger partial charge in [-0.1, -0.05) is 24.3 Å². The van der Waals surface area contributed by atoms with Gasteiger partial charge < -0.3 is 14.6 Å². The van der Waals surface area contributed by atoms with Gasteiger partial charge in [0.25, 0.3) is 5.56 Å². The van der Waals surface area contributed by atoms with E-state index in [0.29, 0.717) is 11.3 Å². The summed E-state index contributed by atoms with van der Waals surface area (Å²) < 4.78 is 1.47. The number of para-hydroxylation sites is 1. The summed E-state index contributed by atoms with van der Waals surface area (Å²) in [7, 11) is 0. The van der Waals surface area contributed by atoms with Gasteiger partial charge in [-0.15, -0.1) is 0 Å². The number of fused-ring (bicyclic) bond motifs is 1. The third kappa shape index (κ3) is 2.88. The normalized spacial score (nSPS) is 16.2. The molecule has 1 aromatic heterocycles. The van der Waals surface area contributed by atoms with E-state index in [1.165, 1.54) is 15.5 Å². The fourth-order valence-electron chi connectivity index (χ4n) is 2.85. The van der Waals surface area contributed by atoms with E-state index in [1.807, 2.05) is 0 Å². The van der Waals surface area contributed by atoms with Gasteiger partial charge in [0.1, 0.15) is 5.92 Å². The minimum Gasteiger partial charge on any atom is -0.481 e. The highest BCUT2D eigenvalue weighted by molar-refractivity contribution is 5.98. The lowest BCUT2D eigenvalue weighted by molar-refractivity contribution is -0.138. The van der Waals surface area contributed by atoms with Crippen LogP contribution in [0.3, 0.4) is 0 Å². The monoisotopic (exact) mass is 312 g/mol. The van der Waals surface area contributed by atoms with Crippen molar-refractivity contribution in [1.82, 2.24) is 4.57 Å². The number of aliphatic carboxylic acids is 1. The Hall–Kier alpha value is -2.89. The van der Waals surface area contributed by atoms with Crippen LogP contribution in [0.1, 0.15) is 17.9 Å². The lowest BCUT2D eigenvalue weighted by Gasteiger charge is -2.17. The summed E-state index contributed by atoms with van der Waals surface area (Å²) in [6, 6.07) is 11.9. The molecule has 0 bridgehead atoms. The zero-order chi connectivity index (χ0) is 16.4. The highest BCUT2D eigenvalue weighted by Crippen LogP contribution is 2.36. The summed E-state index contributed by atoms with van der Waals surface area (Å²) in [5, 5.41) is 9.32. The van der Waals surface area contributed by atoms with Gasteiger partial charge in [-0.25, -0.2) is 0 Å². The van der Waals surface area contributed by atoms with Crippen LogP contribution in [-0.4, -0.2) is 28.1 Å². The van der Waals surface area contributed by atoms with Gasteiger partial charge in [0.2, 0.25) is 5.91 Å². The van der Waals surface area contributed by atoms with Crippen molar-refractivity contribution in [3.05, 3.63) is 64.6 Å². The van der Waals surface area contributed by atoms with Crippen LogP contribution >= 0.6 is 0 Å². The van der Waals surface area contributed by atoms with Crippen molar-refractivity contribution in [2.45, 2.75) is 18.9 Å². The summed E-state index contributed by atoms with van der Waals surface area (Å²) >= 11 is 0. The molecule has 6 heteroatoms. The number of carbonyl (C=O) groups excluding carboxylic acids is 1. The average Bonchev–Trinajstić information content (AvgIpc) is 2.94. The van der Waals surface area contributed by atoms with Crippen LogP contribution in [-0.2, 0) is 16.1 Å². The van der Waals surface area contributed by atoms with E-state index in [0.717, 1.165) is 0 Å². The third-order valence-electron chi connectivity index (χ3n) is 4.03. The Kier molecular flexibility index (Phi) is 3.97. The molecule has 0 radical (unpaired) electrons. The first kappa shape index (κ1) is 15.0. The van der Waals surface area contributed by atoms with E-state index in [4.69, 9.17) is 0 Å².